The summed E-state index contributed by atoms with van der Waals surface area (Å²) >= 11 is 0. The Labute approximate surface area is 115 Å². The van der Waals surface area contributed by atoms with Gasteiger partial charge in [0.15, 0.2) is 0 Å². The number of carbonyl (C=O) groups is 1. The minimum absolute atomic E-state index is 0.0388. The van der Waals surface area contributed by atoms with Gasteiger partial charge in [0.05, 0.1) is 6.61 Å². The largest absolute Gasteiger partial charge is 0.494 e. The van der Waals surface area contributed by atoms with Crippen LogP contribution in [0.25, 0.3) is 0 Å². The molecule has 3 nitrogen and oxygen atoms in total. The van der Waals surface area contributed by atoms with E-state index in [1.807, 2.05) is 12.1 Å². The highest BCUT2D eigenvalue weighted by molar-refractivity contribution is 5.79. The van der Waals surface area contributed by atoms with Crippen LogP contribution in [0.15, 0.2) is 24.3 Å². The lowest BCUT2D eigenvalue weighted by Gasteiger charge is -2.28. The van der Waals surface area contributed by atoms with Crippen LogP contribution >= 0.6 is 0 Å². The Morgan fingerprint density at radius 1 is 1.26 bits per heavy atom. The van der Waals surface area contributed by atoms with Crippen LogP contribution in [0.5, 0.6) is 5.75 Å². The molecule has 1 aromatic carbocycles. The van der Waals surface area contributed by atoms with Crippen molar-refractivity contribution in [1.29, 1.82) is 0 Å². The molecule has 0 aliphatic carbocycles. The molecule has 1 aliphatic heterocycles. The molecular formula is C16H23NO2. The first-order chi connectivity index (χ1) is 9.17. The van der Waals surface area contributed by atoms with Gasteiger partial charge in [-0.15, -0.1) is 0 Å². The summed E-state index contributed by atoms with van der Waals surface area (Å²) in [6, 6.07) is 8.25. The Morgan fingerprint density at radius 3 is 2.53 bits per heavy atom. The first-order valence-electron chi connectivity index (χ1n) is 7.20. The molecule has 19 heavy (non-hydrogen) atoms. The van der Waals surface area contributed by atoms with Crippen molar-refractivity contribution >= 4 is 5.91 Å². The number of nitrogens with one attached hydrogen (secondary N) is 1. The molecule has 1 aliphatic rings. The van der Waals surface area contributed by atoms with E-state index in [9.17, 15) is 4.79 Å². The highest BCUT2D eigenvalue weighted by atomic mass is 16.5. The van der Waals surface area contributed by atoms with Crippen LogP contribution in [0.4, 0.5) is 0 Å². The molecule has 104 valence electrons. The molecule has 1 atom stereocenters. The standard InChI is InChI=1S/C16H23NO2/c1-3-11-19-14-7-5-13(6-8-14)12-16(4-2)10-9-15(18)17-16/h5-8H,3-4,9-12H2,1-2H3,(H,17,18). The normalized spacial score (nSPS) is 22.3. The van der Waals surface area contributed by atoms with E-state index in [0.717, 1.165) is 38.0 Å². The number of carbonyl (C=O) groups excluding carboxylic acids is 1. The van der Waals surface area contributed by atoms with Gasteiger partial charge in [0.25, 0.3) is 0 Å². The zero-order chi connectivity index (χ0) is 13.7. The fraction of sp³-hybridized carbons (Fsp3) is 0.562. The van der Waals surface area contributed by atoms with Crippen molar-refractivity contribution in [3.8, 4) is 5.75 Å². The summed E-state index contributed by atoms with van der Waals surface area (Å²) in [7, 11) is 0. The zero-order valence-electron chi connectivity index (χ0n) is 11.9. The topological polar surface area (TPSA) is 38.3 Å². The van der Waals surface area contributed by atoms with Crippen LogP contribution in [0.1, 0.15) is 45.1 Å². The fourth-order valence-electron chi connectivity index (χ4n) is 2.61. The molecule has 1 aromatic rings. The van der Waals surface area contributed by atoms with Crippen molar-refractivity contribution in [1.82, 2.24) is 5.32 Å². The summed E-state index contributed by atoms with van der Waals surface area (Å²) in [6.07, 6.45) is 4.50. The fourth-order valence-corrected chi connectivity index (χ4v) is 2.61. The quantitative estimate of drug-likeness (QED) is 0.854. The molecule has 0 spiro atoms. The van der Waals surface area contributed by atoms with E-state index in [1.54, 1.807) is 0 Å². The average molecular weight is 261 g/mol. The number of hydrogen-bond donors (Lipinski definition) is 1. The minimum Gasteiger partial charge on any atom is -0.494 e. The van der Waals surface area contributed by atoms with Crippen LogP contribution < -0.4 is 10.1 Å². The summed E-state index contributed by atoms with van der Waals surface area (Å²) in [6.45, 7) is 5.00. The molecule has 1 amide bonds. The molecule has 0 radical (unpaired) electrons. The Bertz CT molecular complexity index is 427. The molecule has 1 N–H and O–H groups in total. The smallest absolute Gasteiger partial charge is 0.220 e. The van der Waals surface area contributed by atoms with E-state index >= 15 is 0 Å². The second-order valence-electron chi connectivity index (χ2n) is 5.35. The number of rotatable bonds is 6. The molecule has 0 saturated carbocycles. The summed E-state index contributed by atoms with van der Waals surface area (Å²) in [4.78, 5) is 11.4. The number of amides is 1. The molecule has 3 heteroatoms. The van der Waals surface area contributed by atoms with E-state index in [-0.39, 0.29) is 11.4 Å². The van der Waals surface area contributed by atoms with Crippen LogP contribution in [0, 0.1) is 0 Å². The molecule has 1 saturated heterocycles. The van der Waals surface area contributed by atoms with Gasteiger partial charge in [-0.2, -0.15) is 0 Å². The maximum absolute atomic E-state index is 11.4. The molecule has 0 aromatic heterocycles. The van der Waals surface area contributed by atoms with Gasteiger partial charge >= 0.3 is 0 Å². The predicted octanol–water partition coefficient (Wildman–Crippen LogP) is 3.08. The van der Waals surface area contributed by atoms with Gasteiger partial charge in [0, 0.05) is 12.0 Å². The van der Waals surface area contributed by atoms with Crippen molar-refractivity contribution in [2.45, 2.75) is 51.5 Å². The third-order valence-electron chi connectivity index (χ3n) is 3.85. The van der Waals surface area contributed by atoms with Crippen LogP contribution in [-0.2, 0) is 11.2 Å². The van der Waals surface area contributed by atoms with Crippen molar-refractivity contribution < 1.29 is 9.53 Å². The zero-order valence-corrected chi connectivity index (χ0v) is 11.9. The first kappa shape index (κ1) is 13.9. The Hall–Kier alpha value is -1.51. The summed E-state index contributed by atoms with van der Waals surface area (Å²) < 4.78 is 5.58. The van der Waals surface area contributed by atoms with E-state index in [2.05, 4.69) is 31.3 Å². The SMILES string of the molecule is CCCOc1ccc(CC2(CC)CCC(=O)N2)cc1. The van der Waals surface area contributed by atoms with E-state index < -0.39 is 0 Å². The molecule has 1 unspecified atom stereocenters. The van der Waals surface area contributed by atoms with Gasteiger partial charge in [0.2, 0.25) is 5.91 Å². The van der Waals surface area contributed by atoms with Crippen LogP contribution in [0.2, 0.25) is 0 Å². The van der Waals surface area contributed by atoms with Crippen LogP contribution in [0.3, 0.4) is 0 Å². The minimum atomic E-state index is -0.0388. The lowest BCUT2D eigenvalue weighted by molar-refractivity contribution is -0.119. The number of hydrogen-bond acceptors (Lipinski definition) is 2. The average Bonchev–Trinajstić information content (AvgIpc) is 2.80. The van der Waals surface area contributed by atoms with Gasteiger partial charge in [0.1, 0.15) is 5.75 Å². The molecule has 2 rings (SSSR count). The van der Waals surface area contributed by atoms with Crippen molar-refractivity contribution in [2.24, 2.45) is 0 Å². The van der Waals surface area contributed by atoms with Gasteiger partial charge < -0.3 is 10.1 Å². The number of ether oxygens (including phenoxy) is 1. The third-order valence-corrected chi connectivity index (χ3v) is 3.85. The van der Waals surface area contributed by atoms with Crippen molar-refractivity contribution in [2.75, 3.05) is 6.61 Å². The van der Waals surface area contributed by atoms with E-state index in [1.165, 1.54) is 5.56 Å². The second-order valence-corrected chi connectivity index (χ2v) is 5.35. The van der Waals surface area contributed by atoms with Crippen molar-refractivity contribution in [3.05, 3.63) is 29.8 Å². The lowest BCUT2D eigenvalue weighted by atomic mass is 9.87. The predicted molar refractivity (Wildman–Crippen MR) is 76.3 cm³/mol. The van der Waals surface area contributed by atoms with E-state index in [0.29, 0.717) is 6.42 Å². The highest BCUT2D eigenvalue weighted by Crippen LogP contribution is 2.28. The van der Waals surface area contributed by atoms with Gasteiger partial charge in [-0.05, 0) is 43.4 Å². The Balaban J connectivity index is 2.00. The molecule has 0 bridgehead atoms. The van der Waals surface area contributed by atoms with E-state index in [4.69, 9.17) is 4.74 Å². The first-order valence-corrected chi connectivity index (χ1v) is 7.20. The summed E-state index contributed by atoms with van der Waals surface area (Å²) in [5.74, 6) is 1.11. The maximum Gasteiger partial charge on any atom is 0.220 e. The van der Waals surface area contributed by atoms with Crippen LogP contribution in [-0.4, -0.2) is 18.1 Å². The molecular weight excluding hydrogens is 238 g/mol. The van der Waals surface area contributed by atoms with Gasteiger partial charge in [-0.25, -0.2) is 0 Å². The second kappa shape index (κ2) is 6.09. The molecule has 1 heterocycles. The summed E-state index contributed by atoms with van der Waals surface area (Å²) in [5.41, 5.74) is 1.22. The highest BCUT2D eigenvalue weighted by Gasteiger charge is 2.35. The Morgan fingerprint density at radius 2 is 2.00 bits per heavy atom. The van der Waals surface area contributed by atoms with Crippen molar-refractivity contribution in [3.63, 3.8) is 0 Å². The Kier molecular flexibility index (Phi) is 4.46. The van der Waals surface area contributed by atoms with Gasteiger partial charge in [-0.1, -0.05) is 26.0 Å². The lowest BCUT2D eigenvalue weighted by Crippen LogP contribution is -2.42. The molecule has 1 fully saturated rings. The maximum atomic E-state index is 11.4. The number of benzene rings is 1. The summed E-state index contributed by atoms with van der Waals surface area (Å²) in [5, 5.41) is 3.14. The monoisotopic (exact) mass is 261 g/mol. The van der Waals surface area contributed by atoms with Gasteiger partial charge in [-0.3, -0.25) is 4.79 Å². The third kappa shape index (κ3) is 3.49.